The average molecular weight is 292 g/mol. The second-order valence-electron chi connectivity index (χ2n) is 3.91. The number of hydrogen-bond acceptors (Lipinski definition) is 3. The van der Waals surface area contributed by atoms with E-state index in [0.717, 1.165) is 28.1 Å². The van der Waals surface area contributed by atoms with Crippen LogP contribution < -0.4 is 11.1 Å². The zero-order valence-corrected chi connectivity index (χ0v) is 11.2. The Morgan fingerprint density at radius 1 is 1.29 bits per heavy atom. The number of nitrogens with one attached hydrogen (secondary N) is 1. The third-order valence-electron chi connectivity index (χ3n) is 2.54. The standard InChI is InChI=1S/C13H14BrN3/c1-9-6-13(17-8-12(9)15)16-7-10-2-4-11(14)5-3-10/h2-6,8H,7,15H2,1H3,(H,16,17). The van der Waals surface area contributed by atoms with E-state index in [2.05, 4.69) is 38.4 Å². The van der Waals surface area contributed by atoms with Crippen molar-refractivity contribution in [3.05, 3.63) is 52.1 Å². The highest BCUT2D eigenvalue weighted by Crippen LogP contribution is 2.15. The summed E-state index contributed by atoms with van der Waals surface area (Å²) < 4.78 is 1.09. The summed E-state index contributed by atoms with van der Waals surface area (Å²) in [5, 5.41) is 3.27. The van der Waals surface area contributed by atoms with Crippen molar-refractivity contribution in [3.63, 3.8) is 0 Å². The van der Waals surface area contributed by atoms with Crippen LogP contribution in [0.2, 0.25) is 0 Å². The van der Waals surface area contributed by atoms with Gasteiger partial charge in [0.15, 0.2) is 0 Å². The molecule has 3 nitrogen and oxygen atoms in total. The molecule has 0 spiro atoms. The molecule has 1 heterocycles. The summed E-state index contributed by atoms with van der Waals surface area (Å²) in [5.74, 6) is 0.847. The van der Waals surface area contributed by atoms with Crippen LogP contribution in [-0.4, -0.2) is 4.98 Å². The van der Waals surface area contributed by atoms with Crippen LogP contribution in [-0.2, 0) is 6.54 Å². The van der Waals surface area contributed by atoms with Gasteiger partial charge in [-0.05, 0) is 36.2 Å². The Bertz CT molecular complexity index is 509. The van der Waals surface area contributed by atoms with Crippen molar-refractivity contribution >= 4 is 27.4 Å². The van der Waals surface area contributed by atoms with E-state index in [1.54, 1.807) is 6.20 Å². The second-order valence-corrected chi connectivity index (χ2v) is 4.82. The third-order valence-corrected chi connectivity index (χ3v) is 3.07. The van der Waals surface area contributed by atoms with E-state index >= 15 is 0 Å². The molecule has 0 bridgehead atoms. The Labute approximate surface area is 109 Å². The lowest BCUT2D eigenvalue weighted by atomic mass is 10.2. The number of pyridine rings is 1. The van der Waals surface area contributed by atoms with Gasteiger partial charge < -0.3 is 11.1 Å². The van der Waals surface area contributed by atoms with E-state index in [9.17, 15) is 0 Å². The molecule has 4 heteroatoms. The van der Waals surface area contributed by atoms with Crippen molar-refractivity contribution in [1.82, 2.24) is 4.98 Å². The van der Waals surface area contributed by atoms with Crippen molar-refractivity contribution in [2.75, 3.05) is 11.1 Å². The van der Waals surface area contributed by atoms with Gasteiger partial charge in [0.25, 0.3) is 0 Å². The Morgan fingerprint density at radius 2 is 2.00 bits per heavy atom. The molecule has 0 amide bonds. The minimum absolute atomic E-state index is 0.721. The number of aromatic nitrogens is 1. The monoisotopic (exact) mass is 291 g/mol. The summed E-state index contributed by atoms with van der Waals surface area (Å²) in [7, 11) is 0. The van der Waals surface area contributed by atoms with Gasteiger partial charge in [0.05, 0.1) is 11.9 Å². The van der Waals surface area contributed by atoms with Crippen molar-refractivity contribution in [2.45, 2.75) is 13.5 Å². The maximum Gasteiger partial charge on any atom is 0.126 e. The minimum atomic E-state index is 0.721. The quantitative estimate of drug-likeness (QED) is 0.912. The van der Waals surface area contributed by atoms with E-state index in [-0.39, 0.29) is 0 Å². The van der Waals surface area contributed by atoms with E-state index in [0.29, 0.717) is 0 Å². The zero-order chi connectivity index (χ0) is 12.3. The second kappa shape index (κ2) is 5.19. The van der Waals surface area contributed by atoms with Crippen molar-refractivity contribution in [3.8, 4) is 0 Å². The zero-order valence-electron chi connectivity index (χ0n) is 9.57. The SMILES string of the molecule is Cc1cc(NCc2ccc(Br)cc2)ncc1N. The van der Waals surface area contributed by atoms with Gasteiger partial charge in [-0.3, -0.25) is 0 Å². The number of nitrogen functional groups attached to an aromatic ring is 1. The first-order valence-electron chi connectivity index (χ1n) is 5.35. The number of benzene rings is 1. The van der Waals surface area contributed by atoms with E-state index in [1.807, 2.05) is 25.1 Å². The number of nitrogens with zero attached hydrogens (tertiary/aromatic N) is 1. The molecule has 0 aliphatic rings. The lowest BCUT2D eigenvalue weighted by Gasteiger charge is -2.07. The number of halogens is 1. The number of hydrogen-bond donors (Lipinski definition) is 2. The average Bonchev–Trinajstić information content (AvgIpc) is 2.33. The Hall–Kier alpha value is -1.55. The van der Waals surface area contributed by atoms with Crippen LogP contribution in [0.1, 0.15) is 11.1 Å². The molecule has 17 heavy (non-hydrogen) atoms. The van der Waals surface area contributed by atoms with Gasteiger partial charge in [0, 0.05) is 11.0 Å². The van der Waals surface area contributed by atoms with E-state index in [4.69, 9.17) is 5.73 Å². The summed E-state index contributed by atoms with van der Waals surface area (Å²) in [6.45, 7) is 2.73. The summed E-state index contributed by atoms with van der Waals surface area (Å²) in [4.78, 5) is 4.23. The molecule has 0 aliphatic heterocycles. The van der Waals surface area contributed by atoms with Gasteiger partial charge >= 0.3 is 0 Å². The Morgan fingerprint density at radius 3 is 2.65 bits per heavy atom. The lowest BCUT2D eigenvalue weighted by molar-refractivity contribution is 1.11. The fourth-order valence-corrected chi connectivity index (χ4v) is 1.72. The van der Waals surface area contributed by atoms with E-state index < -0.39 is 0 Å². The summed E-state index contributed by atoms with van der Waals surface area (Å²) >= 11 is 3.41. The molecule has 0 saturated heterocycles. The lowest BCUT2D eigenvalue weighted by Crippen LogP contribution is -2.02. The number of nitrogens with two attached hydrogens (primary N) is 1. The Kier molecular flexibility index (Phi) is 3.64. The third kappa shape index (κ3) is 3.20. The van der Waals surface area contributed by atoms with Crippen LogP contribution in [0.25, 0.3) is 0 Å². The smallest absolute Gasteiger partial charge is 0.126 e. The number of anilines is 2. The molecule has 0 aliphatic carbocycles. The highest BCUT2D eigenvalue weighted by molar-refractivity contribution is 9.10. The summed E-state index contributed by atoms with van der Waals surface area (Å²) in [6, 6.07) is 10.1. The molecule has 1 aromatic heterocycles. The first kappa shape index (κ1) is 11.9. The highest BCUT2D eigenvalue weighted by Gasteiger charge is 1.98. The van der Waals surface area contributed by atoms with Gasteiger partial charge in [0.1, 0.15) is 5.82 Å². The van der Waals surface area contributed by atoms with Crippen LogP contribution in [0.15, 0.2) is 41.0 Å². The van der Waals surface area contributed by atoms with Gasteiger partial charge in [-0.1, -0.05) is 28.1 Å². The van der Waals surface area contributed by atoms with E-state index in [1.165, 1.54) is 5.56 Å². The van der Waals surface area contributed by atoms with Crippen LogP contribution >= 0.6 is 15.9 Å². The maximum absolute atomic E-state index is 5.72. The first-order chi connectivity index (χ1) is 8.15. The van der Waals surface area contributed by atoms with Gasteiger partial charge in [0.2, 0.25) is 0 Å². The molecule has 2 rings (SSSR count). The largest absolute Gasteiger partial charge is 0.397 e. The van der Waals surface area contributed by atoms with Crippen LogP contribution in [0.4, 0.5) is 11.5 Å². The predicted octanol–water partition coefficient (Wildman–Crippen LogP) is 3.35. The van der Waals surface area contributed by atoms with Gasteiger partial charge in [-0.25, -0.2) is 4.98 Å². The van der Waals surface area contributed by atoms with Crippen molar-refractivity contribution in [2.24, 2.45) is 0 Å². The topological polar surface area (TPSA) is 50.9 Å². The van der Waals surface area contributed by atoms with Crippen LogP contribution in [0.5, 0.6) is 0 Å². The number of rotatable bonds is 3. The van der Waals surface area contributed by atoms with Crippen LogP contribution in [0, 0.1) is 6.92 Å². The fourth-order valence-electron chi connectivity index (χ4n) is 1.46. The minimum Gasteiger partial charge on any atom is -0.397 e. The van der Waals surface area contributed by atoms with Crippen molar-refractivity contribution < 1.29 is 0 Å². The maximum atomic E-state index is 5.72. The summed E-state index contributed by atoms with van der Waals surface area (Å²) in [6.07, 6.45) is 1.68. The molecule has 88 valence electrons. The molecule has 3 N–H and O–H groups in total. The molecule has 0 fully saturated rings. The number of aryl methyl sites for hydroxylation is 1. The molecule has 0 radical (unpaired) electrons. The molecule has 0 unspecified atom stereocenters. The molecule has 1 aromatic carbocycles. The van der Waals surface area contributed by atoms with Crippen LogP contribution in [0.3, 0.4) is 0 Å². The Balaban J connectivity index is 2.02. The predicted molar refractivity (Wildman–Crippen MR) is 74.9 cm³/mol. The highest BCUT2D eigenvalue weighted by atomic mass is 79.9. The normalized spacial score (nSPS) is 10.2. The summed E-state index contributed by atoms with van der Waals surface area (Å²) in [5.41, 5.74) is 8.69. The first-order valence-corrected chi connectivity index (χ1v) is 6.15. The fraction of sp³-hybridized carbons (Fsp3) is 0.154. The van der Waals surface area contributed by atoms with Gasteiger partial charge in [-0.2, -0.15) is 0 Å². The molecule has 2 aromatic rings. The molecular formula is C13H14BrN3. The molecular weight excluding hydrogens is 278 g/mol. The molecule has 0 saturated carbocycles. The molecule has 0 atom stereocenters. The van der Waals surface area contributed by atoms with Gasteiger partial charge in [-0.15, -0.1) is 0 Å². The van der Waals surface area contributed by atoms with Crippen molar-refractivity contribution in [1.29, 1.82) is 0 Å².